The number of carbonyl (C=O) groups is 1. The number of benzene rings is 1. The minimum Gasteiger partial charge on any atom is -0.496 e. The Morgan fingerprint density at radius 2 is 2.17 bits per heavy atom. The van der Waals surface area contributed by atoms with Gasteiger partial charge in [0, 0.05) is 18.2 Å². The smallest absolute Gasteiger partial charge is 0.229 e. The molecule has 2 aromatic rings. The minimum absolute atomic E-state index is 0.0536. The van der Waals surface area contributed by atoms with E-state index in [1.54, 1.807) is 7.11 Å². The van der Waals surface area contributed by atoms with Crippen molar-refractivity contribution < 1.29 is 14.1 Å². The van der Waals surface area contributed by atoms with Crippen molar-refractivity contribution in [2.75, 3.05) is 13.7 Å². The van der Waals surface area contributed by atoms with Gasteiger partial charge >= 0.3 is 0 Å². The molecule has 24 heavy (non-hydrogen) atoms. The fourth-order valence-electron chi connectivity index (χ4n) is 3.45. The fourth-order valence-corrected chi connectivity index (χ4v) is 3.45. The van der Waals surface area contributed by atoms with Gasteiger partial charge in [-0.15, -0.1) is 0 Å². The maximum atomic E-state index is 12.9. The molecule has 0 saturated carbocycles. The highest BCUT2D eigenvalue weighted by Crippen LogP contribution is 2.37. The van der Waals surface area contributed by atoms with Gasteiger partial charge in [0.05, 0.1) is 25.3 Å². The van der Waals surface area contributed by atoms with Crippen LogP contribution in [0.2, 0.25) is 0 Å². The molecule has 5 nitrogen and oxygen atoms in total. The summed E-state index contributed by atoms with van der Waals surface area (Å²) in [5, 5.41) is 3.95. The van der Waals surface area contributed by atoms with Crippen LogP contribution in [0.1, 0.15) is 42.8 Å². The Bertz CT molecular complexity index is 710. The van der Waals surface area contributed by atoms with E-state index in [0.29, 0.717) is 11.6 Å². The minimum atomic E-state index is 0.0536. The Labute approximate surface area is 142 Å². The maximum Gasteiger partial charge on any atom is 0.229 e. The normalized spacial score (nSPS) is 20.9. The van der Waals surface area contributed by atoms with Crippen LogP contribution in [0, 0.1) is 12.8 Å². The summed E-state index contributed by atoms with van der Waals surface area (Å²) >= 11 is 0. The molecule has 3 rings (SSSR count). The number of likely N-dealkylation sites (tertiary alicyclic amines) is 1. The van der Waals surface area contributed by atoms with Gasteiger partial charge in [-0.25, -0.2) is 0 Å². The molecule has 2 heterocycles. The summed E-state index contributed by atoms with van der Waals surface area (Å²) in [5.41, 5.74) is 1.77. The largest absolute Gasteiger partial charge is 0.496 e. The third kappa shape index (κ3) is 3.45. The maximum absolute atomic E-state index is 12.9. The van der Waals surface area contributed by atoms with Crippen molar-refractivity contribution in [3.8, 4) is 5.75 Å². The Morgan fingerprint density at radius 3 is 2.88 bits per heavy atom. The molecular formula is C19H24N2O3. The van der Waals surface area contributed by atoms with E-state index in [4.69, 9.17) is 9.26 Å². The molecule has 0 aliphatic carbocycles. The Hall–Kier alpha value is -2.30. The van der Waals surface area contributed by atoms with Gasteiger partial charge in [-0.1, -0.05) is 30.3 Å². The topological polar surface area (TPSA) is 55.6 Å². The third-order valence-corrected chi connectivity index (χ3v) is 4.64. The average Bonchev–Trinajstić information content (AvgIpc) is 2.99. The summed E-state index contributed by atoms with van der Waals surface area (Å²) < 4.78 is 10.6. The van der Waals surface area contributed by atoms with Crippen molar-refractivity contribution in [2.24, 2.45) is 5.92 Å². The molecule has 0 radical (unpaired) electrons. The monoisotopic (exact) mass is 328 g/mol. The summed E-state index contributed by atoms with van der Waals surface area (Å²) in [6.07, 6.45) is 2.33. The van der Waals surface area contributed by atoms with E-state index in [2.05, 4.69) is 18.1 Å². The zero-order valence-corrected chi connectivity index (χ0v) is 14.5. The van der Waals surface area contributed by atoms with Crippen molar-refractivity contribution in [2.45, 2.75) is 39.2 Å². The lowest BCUT2D eigenvalue weighted by Gasteiger charge is -2.39. The van der Waals surface area contributed by atoms with E-state index in [-0.39, 0.29) is 18.4 Å². The number of ether oxygens (including phenoxy) is 1. The third-order valence-electron chi connectivity index (χ3n) is 4.64. The molecule has 0 N–H and O–H groups in total. The molecule has 1 aromatic carbocycles. The fraction of sp³-hybridized carbons (Fsp3) is 0.474. The van der Waals surface area contributed by atoms with Crippen LogP contribution in [-0.2, 0) is 11.2 Å². The first-order valence-electron chi connectivity index (χ1n) is 8.43. The van der Waals surface area contributed by atoms with Crippen LogP contribution in [-0.4, -0.2) is 29.6 Å². The van der Waals surface area contributed by atoms with Gasteiger partial charge in [-0.3, -0.25) is 4.79 Å². The number of para-hydroxylation sites is 1. The van der Waals surface area contributed by atoms with Gasteiger partial charge in [0.25, 0.3) is 0 Å². The standard InChI is InChI=1S/C19H24N2O3/c1-13-8-9-17(16-6-4-5-7-18(16)23-3)21(12-13)19(22)11-15-10-14(2)24-20-15/h4-7,10,13,17H,8-9,11-12H2,1-3H3/t13-,17-/m1/s1. The molecule has 1 saturated heterocycles. The van der Waals surface area contributed by atoms with Gasteiger partial charge < -0.3 is 14.2 Å². The lowest BCUT2D eigenvalue weighted by molar-refractivity contribution is -0.135. The molecule has 1 aromatic heterocycles. The van der Waals surface area contributed by atoms with Gasteiger partial charge in [0.2, 0.25) is 5.91 Å². The number of aryl methyl sites for hydroxylation is 1. The number of hydrogen-bond donors (Lipinski definition) is 0. The van der Waals surface area contributed by atoms with Gasteiger partial charge in [0.1, 0.15) is 11.5 Å². The van der Waals surface area contributed by atoms with Crippen LogP contribution in [0.5, 0.6) is 5.75 Å². The molecule has 0 unspecified atom stereocenters. The Balaban J connectivity index is 1.85. The summed E-state index contributed by atoms with van der Waals surface area (Å²) in [4.78, 5) is 14.9. The van der Waals surface area contributed by atoms with Gasteiger partial charge in [-0.05, 0) is 31.7 Å². The SMILES string of the molecule is COc1ccccc1[C@H]1CC[C@@H](C)CN1C(=O)Cc1cc(C)on1. The van der Waals surface area contributed by atoms with Crippen LogP contribution in [0.3, 0.4) is 0 Å². The molecule has 1 aliphatic rings. The molecule has 2 atom stereocenters. The van der Waals surface area contributed by atoms with Crippen molar-refractivity contribution >= 4 is 5.91 Å². The Morgan fingerprint density at radius 1 is 1.38 bits per heavy atom. The van der Waals surface area contributed by atoms with Crippen LogP contribution in [0.25, 0.3) is 0 Å². The number of rotatable bonds is 4. The predicted octanol–water partition coefficient (Wildman–Crippen LogP) is 3.53. The molecule has 1 amide bonds. The second-order valence-electron chi connectivity index (χ2n) is 6.59. The first-order valence-corrected chi connectivity index (χ1v) is 8.43. The molecule has 128 valence electrons. The van der Waals surface area contributed by atoms with E-state index >= 15 is 0 Å². The summed E-state index contributed by atoms with van der Waals surface area (Å²) in [6, 6.07) is 9.84. The Kier molecular flexibility index (Phi) is 4.88. The van der Waals surface area contributed by atoms with Crippen molar-refractivity contribution in [1.29, 1.82) is 0 Å². The molecule has 0 spiro atoms. The van der Waals surface area contributed by atoms with Crippen molar-refractivity contribution in [3.63, 3.8) is 0 Å². The van der Waals surface area contributed by atoms with Crippen molar-refractivity contribution in [3.05, 3.63) is 47.3 Å². The predicted molar refractivity (Wildman–Crippen MR) is 90.8 cm³/mol. The summed E-state index contributed by atoms with van der Waals surface area (Å²) in [5.74, 6) is 2.16. The van der Waals surface area contributed by atoms with E-state index in [0.717, 1.165) is 36.5 Å². The van der Waals surface area contributed by atoms with Crippen LogP contribution >= 0.6 is 0 Å². The molecule has 0 bridgehead atoms. The lowest BCUT2D eigenvalue weighted by Crippen LogP contribution is -2.42. The summed E-state index contributed by atoms with van der Waals surface area (Å²) in [7, 11) is 1.68. The zero-order valence-electron chi connectivity index (χ0n) is 14.5. The number of aromatic nitrogens is 1. The number of methoxy groups -OCH3 is 1. The number of amides is 1. The first kappa shape index (κ1) is 16.6. The van der Waals surface area contributed by atoms with Crippen LogP contribution < -0.4 is 4.74 Å². The number of hydrogen-bond acceptors (Lipinski definition) is 4. The first-order chi connectivity index (χ1) is 11.6. The number of nitrogens with zero attached hydrogens (tertiary/aromatic N) is 2. The van der Waals surface area contributed by atoms with Gasteiger partial charge in [0.15, 0.2) is 0 Å². The summed E-state index contributed by atoms with van der Waals surface area (Å²) in [6.45, 7) is 4.79. The molecule has 1 aliphatic heterocycles. The second kappa shape index (κ2) is 7.07. The van der Waals surface area contributed by atoms with Crippen LogP contribution in [0.4, 0.5) is 0 Å². The number of carbonyl (C=O) groups excluding carboxylic acids is 1. The molecular weight excluding hydrogens is 304 g/mol. The zero-order chi connectivity index (χ0) is 17.1. The second-order valence-corrected chi connectivity index (χ2v) is 6.59. The highest BCUT2D eigenvalue weighted by atomic mass is 16.5. The quantitative estimate of drug-likeness (QED) is 0.861. The van der Waals surface area contributed by atoms with Crippen molar-refractivity contribution in [1.82, 2.24) is 10.1 Å². The average molecular weight is 328 g/mol. The highest BCUT2D eigenvalue weighted by Gasteiger charge is 2.32. The molecule has 1 fully saturated rings. The number of piperidine rings is 1. The molecule has 5 heteroatoms. The van der Waals surface area contributed by atoms with Gasteiger partial charge in [-0.2, -0.15) is 0 Å². The van der Waals surface area contributed by atoms with E-state index < -0.39 is 0 Å². The van der Waals surface area contributed by atoms with Crippen LogP contribution in [0.15, 0.2) is 34.9 Å². The highest BCUT2D eigenvalue weighted by molar-refractivity contribution is 5.79. The van der Waals surface area contributed by atoms with E-state index in [9.17, 15) is 4.79 Å². The van der Waals surface area contributed by atoms with E-state index in [1.165, 1.54) is 0 Å². The van der Waals surface area contributed by atoms with E-state index in [1.807, 2.05) is 36.1 Å². The lowest BCUT2D eigenvalue weighted by atomic mass is 9.89.